The molecule has 0 radical (unpaired) electrons. The number of hydrogen-bond acceptors (Lipinski definition) is 5. The van der Waals surface area contributed by atoms with Crippen molar-refractivity contribution in [2.45, 2.75) is 32.5 Å². The summed E-state index contributed by atoms with van der Waals surface area (Å²) in [5.41, 5.74) is 1.31. The third-order valence-electron chi connectivity index (χ3n) is 4.07. The molecule has 3 rings (SSSR count). The van der Waals surface area contributed by atoms with E-state index in [0.29, 0.717) is 35.1 Å². The van der Waals surface area contributed by atoms with Crippen molar-refractivity contribution in [2.24, 2.45) is 0 Å². The van der Waals surface area contributed by atoms with Gasteiger partial charge in [-0.15, -0.1) is 0 Å². The highest BCUT2D eigenvalue weighted by Gasteiger charge is 2.32. The largest absolute Gasteiger partial charge is 0.494 e. The number of carbonyl (C=O) groups excluding carboxylic acids is 2. The van der Waals surface area contributed by atoms with Crippen molar-refractivity contribution in [1.29, 1.82) is 0 Å². The van der Waals surface area contributed by atoms with E-state index in [-0.39, 0.29) is 5.78 Å². The fourth-order valence-electron chi connectivity index (χ4n) is 2.77. The van der Waals surface area contributed by atoms with Crippen LogP contribution in [0.2, 0.25) is 5.02 Å². The molecule has 0 aliphatic carbocycles. The van der Waals surface area contributed by atoms with E-state index in [1.807, 2.05) is 6.92 Å². The van der Waals surface area contributed by atoms with Crippen molar-refractivity contribution in [3.63, 3.8) is 0 Å². The molecule has 1 aliphatic rings. The Morgan fingerprint density at radius 3 is 2.65 bits per heavy atom. The molecule has 0 saturated heterocycles. The molecule has 0 unspecified atom stereocenters. The van der Waals surface area contributed by atoms with Crippen LogP contribution in [-0.2, 0) is 16.0 Å². The summed E-state index contributed by atoms with van der Waals surface area (Å²) in [6.07, 6.45) is -1.30. The van der Waals surface area contributed by atoms with Crippen LogP contribution in [-0.4, -0.2) is 30.6 Å². The van der Waals surface area contributed by atoms with Gasteiger partial charge in [0, 0.05) is 17.0 Å². The smallest absolute Gasteiger partial charge is 0.348 e. The zero-order valence-corrected chi connectivity index (χ0v) is 15.3. The highest BCUT2D eigenvalue weighted by atomic mass is 35.5. The maximum atomic E-state index is 12.5. The predicted octanol–water partition coefficient (Wildman–Crippen LogP) is 3.86. The second-order valence-electron chi connectivity index (χ2n) is 5.96. The minimum atomic E-state index is -0.906. The molecule has 1 heterocycles. The second-order valence-corrected chi connectivity index (χ2v) is 6.40. The molecule has 0 saturated carbocycles. The molecule has 136 valence electrons. The fourth-order valence-corrected chi connectivity index (χ4v) is 2.96. The van der Waals surface area contributed by atoms with E-state index in [1.165, 1.54) is 0 Å². The average Bonchev–Trinajstić information content (AvgIpc) is 3.05. The van der Waals surface area contributed by atoms with Crippen molar-refractivity contribution in [1.82, 2.24) is 0 Å². The normalized spacial score (nSPS) is 16.3. The third-order valence-corrected chi connectivity index (χ3v) is 4.31. The lowest BCUT2D eigenvalue weighted by Crippen LogP contribution is -2.33. The number of Topliss-reactive ketones (excluding diaryl/α,β-unsaturated/α-hetero) is 1. The highest BCUT2D eigenvalue weighted by Crippen LogP contribution is 2.31. The van der Waals surface area contributed by atoms with Gasteiger partial charge < -0.3 is 14.2 Å². The van der Waals surface area contributed by atoms with Crippen LogP contribution in [0.25, 0.3) is 0 Å². The Morgan fingerprint density at radius 2 is 1.96 bits per heavy atom. The molecule has 6 heteroatoms. The van der Waals surface area contributed by atoms with Gasteiger partial charge in [-0.1, -0.05) is 11.6 Å². The molecule has 0 bridgehead atoms. The van der Waals surface area contributed by atoms with Crippen molar-refractivity contribution < 1.29 is 23.8 Å². The average molecular weight is 375 g/mol. The number of carbonyl (C=O) groups is 2. The predicted molar refractivity (Wildman–Crippen MR) is 97.1 cm³/mol. The number of ketones is 1. The first-order chi connectivity index (χ1) is 12.5. The summed E-state index contributed by atoms with van der Waals surface area (Å²) in [7, 11) is 0. The summed E-state index contributed by atoms with van der Waals surface area (Å²) < 4.78 is 16.3. The minimum Gasteiger partial charge on any atom is -0.494 e. The molecule has 0 fully saturated rings. The van der Waals surface area contributed by atoms with Gasteiger partial charge in [0.1, 0.15) is 11.5 Å². The number of hydrogen-bond donors (Lipinski definition) is 0. The molecule has 0 amide bonds. The molecule has 0 spiro atoms. The summed E-state index contributed by atoms with van der Waals surface area (Å²) in [5, 5.41) is 0.584. The van der Waals surface area contributed by atoms with E-state index in [0.717, 1.165) is 5.56 Å². The molecular formula is C20H19ClO5. The molecule has 2 aromatic rings. The monoisotopic (exact) mass is 374 g/mol. The lowest BCUT2D eigenvalue weighted by atomic mass is 10.1. The lowest BCUT2D eigenvalue weighted by Gasteiger charge is -2.15. The molecule has 2 aromatic carbocycles. The number of benzene rings is 2. The summed E-state index contributed by atoms with van der Waals surface area (Å²) in [4.78, 5) is 24.8. The van der Waals surface area contributed by atoms with Crippen molar-refractivity contribution in [3.05, 3.63) is 58.6 Å². The maximum Gasteiger partial charge on any atom is 0.348 e. The Morgan fingerprint density at radius 1 is 1.23 bits per heavy atom. The molecule has 0 N–H and O–H groups in total. The number of esters is 1. The summed E-state index contributed by atoms with van der Waals surface area (Å²) >= 11 is 5.95. The molecule has 1 aliphatic heterocycles. The van der Waals surface area contributed by atoms with Gasteiger partial charge in [-0.05, 0) is 61.9 Å². The van der Waals surface area contributed by atoms with E-state index in [1.54, 1.807) is 49.4 Å². The maximum absolute atomic E-state index is 12.5. The van der Waals surface area contributed by atoms with Gasteiger partial charge in [-0.25, -0.2) is 4.79 Å². The van der Waals surface area contributed by atoms with Crippen molar-refractivity contribution in [3.8, 4) is 11.5 Å². The number of fused-ring (bicyclic) bond motifs is 1. The van der Waals surface area contributed by atoms with Crippen molar-refractivity contribution in [2.75, 3.05) is 6.61 Å². The van der Waals surface area contributed by atoms with E-state index in [2.05, 4.69) is 0 Å². The minimum absolute atomic E-state index is 0.278. The van der Waals surface area contributed by atoms with Gasteiger partial charge in [0.25, 0.3) is 0 Å². The Kier molecular flexibility index (Phi) is 5.47. The Hall–Kier alpha value is -2.53. The van der Waals surface area contributed by atoms with Gasteiger partial charge in [-0.3, -0.25) is 4.79 Å². The third kappa shape index (κ3) is 3.99. The Balaban J connectivity index is 1.60. The fraction of sp³-hybridized carbons (Fsp3) is 0.300. The van der Waals surface area contributed by atoms with Gasteiger partial charge >= 0.3 is 5.97 Å². The van der Waals surface area contributed by atoms with Crippen LogP contribution in [0.3, 0.4) is 0 Å². The molecular weight excluding hydrogens is 356 g/mol. The van der Waals surface area contributed by atoms with E-state index >= 15 is 0 Å². The Bertz CT molecular complexity index is 815. The standard InChI is InChI=1S/C20H19ClO5/c1-3-24-16-7-4-13(5-8-16)19(22)12(2)25-20(23)18-11-14-10-15(21)6-9-17(14)26-18/h4-10,12,18H,3,11H2,1-2H3/t12-,18+/m1/s1. The second kappa shape index (κ2) is 7.79. The summed E-state index contributed by atoms with van der Waals surface area (Å²) in [6, 6.07) is 11.9. The quantitative estimate of drug-likeness (QED) is 0.567. The zero-order valence-electron chi connectivity index (χ0n) is 14.5. The van der Waals surface area contributed by atoms with Crippen LogP contribution >= 0.6 is 11.6 Å². The molecule has 2 atom stereocenters. The van der Waals surface area contributed by atoms with Crippen LogP contribution in [0.5, 0.6) is 11.5 Å². The Labute approximate surface area is 156 Å². The van der Waals surface area contributed by atoms with Crippen molar-refractivity contribution >= 4 is 23.4 Å². The van der Waals surface area contributed by atoms with Gasteiger partial charge in [0.2, 0.25) is 5.78 Å². The first kappa shape index (κ1) is 18.3. The summed E-state index contributed by atoms with van der Waals surface area (Å²) in [6.45, 7) is 3.99. The zero-order chi connectivity index (χ0) is 18.7. The summed E-state index contributed by atoms with van der Waals surface area (Å²) in [5.74, 6) is 0.454. The van der Waals surface area contributed by atoms with Gasteiger partial charge in [0.05, 0.1) is 6.61 Å². The first-order valence-corrected chi connectivity index (χ1v) is 8.78. The highest BCUT2D eigenvalue weighted by molar-refractivity contribution is 6.30. The SMILES string of the molecule is CCOc1ccc(C(=O)[C@@H](C)OC(=O)[C@@H]2Cc3cc(Cl)ccc3O2)cc1. The van der Waals surface area contributed by atoms with Crippen LogP contribution in [0, 0.1) is 0 Å². The topological polar surface area (TPSA) is 61.8 Å². The number of ether oxygens (including phenoxy) is 3. The van der Waals surface area contributed by atoms with Crippen LogP contribution < -0.4 is 9.47 Å². The first-order valence-electron chi connectivity index (χ1n) is 8.40. The molecule has 26 heavy (non-hydrogen) atoms. The van der Waals surface area contributed by atoms with Crippen LogP contribution in [0.4, 0.5) is 0 Å². The van der Waals surface area contributed by atoms with E-state index in [9.17, 15) is 9.59 Å². The van der Waals surface area contributed by atoms with Gasteiger partial charge in [-0.2, -0.15) is 0 Å². The van der Waals surface area contributed by atoms with Crippen LogP contribution in [0.15, 0.2) is 42.5 Å². The number of rotatable bonds is 6. The number of halogens is 1. The van der Waals surface area contributed by atoms with Crippen LogP contribution in [0.1, 0.15) is 29.8 Å². The van der Waals surface area contributed by atoms with E-state index in [4.69, 9.17) is 25.8 Å². The van der Waals surface area contributed by atoms with E-state index < -0.39 is 18.2 Å². The lowest BCUT2D eigenvalue weighted by molar-refractivity contribution is -0.153. The van der Waals surface area contributed by atoms with Gasteiger partial charge in [0.15, 0.2) is 12.2 Å². The molecule has 5 nitrogen and oxygen atoms in total. The molecule has 0 aromatic heterocycles.